The molecule has 0 heterocycles. The molecule has 0 aromatic carbocycles. The second kappa shape index (κ2) is 9.01. The molecule has 0 saturated heterocycles. The highest BCUT2D eigenvalue weighted by molar-refractivity contribution is 6.70. The topological polar surface area (TPSA) is 18.5 Å². The highest BCUT2D eigenvalue weighted by Gasteiger charge is 2.56. The molecule has 2 aliphatic rings. The zero-order valence-electron chi connectivity index (χ0n) is 16.3. The lowest BCUT2D eigenvalue weighted by Crippen LogP contribution is -2.53. The summed E-state index contributed by atoms with van der Waals surface area (Å²) in [6, 6.07) is 0. The Labute approximate surface area is 146 Å². The third-order valence-electron chi connectivity index (χ3n) is 6.63. The minimum atomic E-state index is -2.14. The Hall–Kier alpha value is 0.137. The number of rotatable bonds is 8. The summed E-state index contributed by atoms with van der Waals surface area (Å²) in [6.07, 6.45) is 10.4. The van der Waals surface area contributed by atoms with Crippen LogP contribution < -0.4 is 0 Å². The van der Waals surface area contributed by atoms with Crippen LogP contribution in [0.4, 0.5) is 0 Å². The van der Waals surface area contributed by atoms with E-state index < -0.39 is 8.56 Å². The Morgan fingerprint density at radius 1 is 0.783 bits per heavy atom. The predicted octanol–water partition coefficient (Wildman–Crippen LogP) is 6.30. The zero-order chi connectivity index (χ0) is 16.9. The largest absolute Gasteiger partial charge is 0.394 e. The summed E-state index contributed by atoms with van der Waals surface area (Å²) in [5.74, 6) is 2.51. The van der Waals surface area contributed by atoms with Gasteiger partial charge in [0.2, 0.25) is 0 Å². The van der Waals surface area contributed by atoms with E-state index in [0.29, 0.717) is 5.54 Å². The molecular formula is C20H40O2Si. The first-order valence-electron chi connectivity index (χ1n) is 10.3. The fraction of sp³-hybridized carbons (Fsp3) is 1.00. The van der Waals surface area contributed by atoms with E-state index in [-0.39, 0.29) is 0 Å². The minimum Gasteiger partial charge on any atom is -0.394 e. The smallest absolute Gasteiger partial charge is 0.344 e. The van der Waals surface area contributed by atoms with Crippen molar-refractivity contribution in [2.45, 2.75) is 97.1 Å². The van der Waals surface area contributed by atoms with Crippen LogP contribution in [0.15, 0.2) is 0 Å². The van der Waals surface area contributed by atoms with Crippen molar-refractivity contribution in [2.75, 3.05) is 13.2 Å². The van der Waals surface area contributed by atoms with Gasteiger partial charge in [-0.25, -0.2) is 0 Å². The third-order valence-corrected chi connectivity index (χ3v) is 11.5. The van der Waals surface area contributed by atoms with Crippen LogP contribution in [0, 0.1) is 17.8 Å². The molecule has 23 heavy (non-hydrogen) atoms. The van der Waals surface area contributed by atoms with Crippen molar-refractivity contribution in [2.24, 2.45) is 17.8 Å². The molecule has 0 aliphatic heterocycles. The van der Waals surface area contributed by atoms with E-state index in [1.54, 1.807) is 0 Å². The van der Waals surface area contributed by atoms with Gasteiger partial charge in [-0.15, -0.1) is 0 Å². The highest BCUT2D eigenvalue weighted by atomic mass is 28.4. The summed E-state index contributed by atoms with van der Waals surface area (Å²) < 4.78 is 13.6. The van der Waals surface area contributed by atoms with Gasteiger partial charge in [0.05, 0.1) is 0 Å². The standard InChI is InChI=1S/C20H40O2Si/c1-6-14-21-23(22-15-7-2,19-11-8-16(3)9-12-19)20-13-10-17(4)18(20)5/h16-20H,6-15H2,1-5H3. The van der Waals surface area contributed by atoms with Gasteiger partial charge in [0, 0.05) is 24.3 Å². The average Bonchev–Trinajstić information content (AvgIpc) is 2.89. The lowest BCUT2D eigenvalue weighted by Gasteiger charge is -2.45. The zero-order valence-corrected chi connectivity index (χ0v) is 17.3. The Morgan fingerprint density at radius 3 is 1.78 bits per heavy atom. The molecule has 3 atom stereocenters. The van der Waals surface area contributed by atoms with Gasteiger partial charge in [0.25, 0.3) is 0 Å². The molecule has 3 heteroatoms. The van der Waals surface area contributed by atoms with Crippen molar-refractivity contribution in [3.05, 3.63) is 0 Å². The Balaban J connectivity index is 2.25. The normalized spacial score (nSPS) is 35.6. The summed E-state index contributed by atoms with van der Waals surface area (Å²) in [6.45, 7) is 13.6. The van der Waals surface area contributed by atoms with Crippen LogP contribution in [0.5, 0.6) is 0 Å². The summed E-state index contributed by atoms with van der Waals surface area (Å²) in [7, 11) is -2.14. The van der Waals surface area contributed by atoms with Gasteiger partial charge in [-0.05, 0) is 49.9 Å². The molecule has 2 aliphatic carbocycles. The van der Waals surface area contributed by atoms with Crippen LogP contribution in [0.3, 0.4) is 0 Å². The molecule has 2 fully saturated rings. The molecule has 136 valence electrons. The average molecular weight is 341 g/mol. The van der Waals surface area contributed by atoms with E-state index in [1.165, 1.54) is 38.5 Å². The first kappa shape index (κ1) is 19.5. The van der Waals surface area contributed by atoms with Crippen molar-refractivity contribution in [1.82, 2.24) is 0 Å². The van der Waals surface area contributed by atoms with Crippen LogP contribution in [0.25, 0.3) is 0 Å². The van der Waals surface area contributed by atoms with Gasteiger partial charge in [-0.2, -0.15) is 0 Å². The van der Waals surface area contributed by atoms with Gasteiger partial charge in [0.1, 0.15) is 0 Å². The highest BCUT2D eigenvalue weighted by Crippen LogP contribution is 2.54. The SMILES string of the molecule is CCCO[Si](OCCC)(C1CCC(C)CC1)C1CCC(C)C1C. The Bertz CT molecular complexity index is 331. The molecule has 0 N–H and O–H groups in total. The molecule has 0 bridgehead atoms. The summed E-state index contributed by atoms with van der Waals surface area (Å²) in [5, 5.41) is 0. The monoisotopic (exact) mass is 340 g/mol. The molecule has 0 spiro atoms. The maximum Gasteiger partial charge on any atom is 0.344 e. The number of hydrogen-bond donors (Lipinski definition) is 0. The van der Waals surface area contributed by atoms with Crippen molar-refractivity contribution in [1.29, 1.82) is 0 Å². The van der Waals surface area contributed by atoms with E-state index in [0.717, 1.165) is 49.4 Å². The fourth-order valence-corrected chi connectivity index (χ4v) is 10.3. The second-order valence-corrected chi connectivity index (χ2v) is 12.0. The van der Waals surface area contributed by atoms with Gasteiger partial charge in [-0.3, -0.25) is 0 Å². The van der Waals surface area contributed by atoms with Crippen molar-refractivity contribution < 1.29 is 8.85 Å². The predicted molar refractivity (Wildman–Crippen MR) is 101 cm³/mol. The molecular weight excluding hydrogens is 300 g/mol. The summed E-state index contributed by atoms with van der Waals surface area (Å²) in [4.78, 5) is 0. The summed E-state index contributed by atoms with van der Waals surface area (Å²) in [5.41, 5.74) is 1.45. The summed E-state index contributed by atoms with van der Waals surface area (Å²) >= 11 is 0. The van der Waals surface area contributed by atoms with E-state index in [1.807, 2.05) is 0 Å². The van der Waals surface area contributed by atoms with Crippen LogP contribution in [-0.2, 0) is 8.85 Å². The molecule has 2 rings (SSSR count). The van der Waals surface area contributed by atoms with Crippen LogP contribution in [0.1, 0.15) is 86.0 Å². The molecule has 2 nitrogen and oxygen atoms in total. The lowest BCUT2D eigenvalue weighted by molar-refractivity contribution is 0.131. The van der Waals surface area contributed by atoms with Crippen molar-refractivity contribution in [3.63, 3.8) is 0 Å². The van der Waals surface area contributed by atoms with Crippen LogP contribution in [-0.4, -0.2) is 21.8 Å². The van der Waals surface area contributed by atoms with E-state index in [9.17, 15) is 0 Å². The quantitative estimate of drug-likeness (QED) is 0.483. The van der Waals surface area contributed by atoms with Crippen LogP contribution in [0.2, 0.25) is 11.1 Å². The first-order chi connectivity index (χ1) is 11.0. The maximum atomic E-state index is 6.78. The molecule has 0 amide bonds. The molecule has 2 saturated carbocycles. The van der Waals surface area contributed by atoms with E-state index in [4.69, 9.17) is 8.85 Å². The lowest BCUT2D eigenvalue weighted by atomic mass is 9.90. The molecule has 0 aromatic heterocycles. The number of hydrogen-bond acceptors (Lipinski definition) is 2. The first-order valence-corrected chi connectivity index (χ1v) is 12.3. The van der Waals surface area contributed by atoms with Crippen LogP contribution >= 0.6 is 0 Å². The molecule has 0 radical (unpaired) electrons. The van der Waals surface area contributed by atoms with Gasteiger partial charge >= 0.3 is 8.56 Å². The molecule has 0 aromatic rings. The van der Waals surface area contributed by atoms with E-state index >= 15 is 0 Å². The van der Waals surface area contributed by atoms with Gasteiger partial charge in [-0.1, -0.05) is 53.9 Å². The van der Waals surface area contributed by atoms with Gasteiger partial charge in [0.15, 0.2) is 0 Å². The van der Waals surface area contributed by atoms with E-state index in [2.05, 4.69) is 34.6 Å². The van der Waals surface area contributed by atoms with Gasteiger partial charge < -0.3 is 8.85 Å². The maximum absolute atomic E-state index is 6.78. The third kappa shape index (κ3) is 4.41. The fourth-order valence-electron chi connectivity index (χ4n) is 4.91. The Morgan fingerprint density at radius 2 is 1.35 bits per heavy atom. The minimum absolute atomic E-state index is 0.717. The van der Waals surface area contributed by atoms with Crippen molar-refractivity contribution in [3.8, 4) is 0 Å². The second-order valence-electron chi connectivity index (χ2n) is 8.40. The van der Waals surface area contributed by atoms with Crippen molar-refractivity contribution >= 4 is 8.56 Å². The molecule has 3 unspecified atom stereocenters. The Kier molecular flexibility index (Phi) is 7.62.